The molecule has 1 aromatic rings. The third-order valence-electron chi connectivity index (χ3n) is 1.65. The molecule has 74 valence electrons. The lowest BCUT2D eigenvalue weighted by molar-refractivity contribution is -0.118. The highest BCUT2D eigenvalue weighted by Gasteiger charge is 1.97. The smallest absolute Gasteiger partial charge is 0.221 e. The van der Waals surface area contributed by atoms with E-state index in [-0.39, 0.29) is 12.5 Å². The highest BCUT2D eigenvalue weighted by atomic mass is 16.3. The summed E-state index contributed by atoms with van der Waals surface area (Å²) in [5.41, 5.74) is 1.45. The second kappa shape index (κ2) is 5.19. The van der Waals surface area contributed by atoms with Gasteiger partial charge in [0, 0.05) is 12.6 Å². The minimum Gasteiger partial charge on any atom is -0.390 e. The summed E-state index contributed by atoms with van der Waals surface area (Å²) in [6, 6.07) is 9.51. The first-order valence-corrected chi connectivity index (χ1v) is 4.36. The first-order chi connectivity index (χ1) is 6.72. The number of rotatable bonds is 3. The number of amides is 1. The molecule has 0 aliphatic heterocycles. The normalized spacial score (nSPS) is 11.1. The van der Waals surface area contributed by atoms with E-state index < -0.39 is 0 Å². The van der Waals surface area contributed by atoms with E-state index in [0.29, 0.717) is 5.70 Å². The lowest BCUT2D eigenvalue weighted by Gasteiger charge is -2.04. The standard InChI is InChI=1S/C11H13NO2/c1-9(14)12-11(8-13)7-10-5-3-2-4-6-10/h2-7,13H,8H2,1H3,(H,12,14)/b11-7+. The minimum atomic E-state index is -0.179. The van der Waals surface area contributed by atoms with Crippen LogP contribution in [0.15, 0.2) is 36.0 Å². The van der Waals surface area contributed by atoms with Gasteiger partial charge in [0.1, 0.15) is 0 Å². The van der Waals surface area contributed by atoms with Crippen LogP contribution in [0.2, 0.25) is 0 Å². The molecule has 1 rings (SSSR count). The predicted octanol–water partition coefficient (Wildman–Crippen LogP) is 1.16. The van der Waals surface area contributed by atoms with Gasteiger partial charge in [0.05, 0.1) is 6.61 Å². The lowest BCUT2D eigenvalue weighted by Crippen LogP contribution is -2.21. The third kappa shape index (κ3) is 3.41. The van der Waals surface area contributed by atoms with Gasteiger partial charge < -0.3 is 10.4 Å². The van der Waals surface area contributed by atoms with Crippen molar-refractivity contribution in [1.82, 2.24) is 5.32 Å². The Morgan fingerprint density at radius 2 is 2.07 bits per heavy atom. The van der Waals surface area contributed by atoms with E-state index in [1.807, 2.05) is 30.3 Å². The highest BCUT2D eigenvalue weighted by molar-refractivity contribution is 5.76. The molecule has 0 aliphatic carbocycles. The summed E-state index contributed by atoms with van der Waals surface area (Å²) in [4.78, 5) is 10.7. The predicted molar refractivity (Wildman–Crippen MR) is 55.3 cm³/mol. The van der Waals surface area contributed by atoms with Gasteiger partial charge in [-0.15, -0.1) is 0 Å². The maximum Gasteiger partial charge on any atom is 0.221 e. The number of aliphatic hydroxyl groups is 1. The van der Waals surface area contributed by atoms with Gasteiger partial charge in [-0.2, -0.15) is 0 Å². The average Bonchev–Trinajstić information content (AvgIpc) is 2.17. The van der Waals surface area contributed by atoms with Gasteiger partial charge in [0.15, 0.2) is 0 Å². The molecule has 0 saturated carbocycles. The number of nitrogens with one attached hydrogen (secondary N) is 1. The van der Waals surface area contributed by atoms with Crippen molar-refractivity contribution < 1.29 is 9.90 Å². The van der Waals surface area contributed by atoms with Gasteiger partial charge in [-0.3, -0.25) is 4.79 Å². The molecular weight excluding hydrogens is 178 g/mol. The summed E-state index contributed by atoms with van der Waals surface area (Å²) in [5, 5.41) is 11.5. The van der Waals surface area contributed by atoms with Crippen molar-refractivity contribution in [2.45, 2.75) is 6.92 Å². The average molecular weight is 191 g/mol. The van der Waals surface area contributed by atoms with Crippen LogP contribution in [0.4, 0.5) is 0 Å². The van der Waals surface area contributed by atoms with Gasteiger partial charge in [-0.05, 0) is 11.6 Å². The Labute approximate surface area is 83.1 Å². The molecule has 0 fully saturated rings. The van der Waals surface area contributed by atoms with Crippen LogP contribution in [0, 0.1) is 0 Å². The van der Waals surface area contributed by atoms with Crippen molar-refractivity contribution in [3.8, 4) is 0 Å². The summed E-state index contributed by atoms with van der Waals surface area (Å²) >= 11 is 0. The Morgan fingerprint density at radius 3 is 2.57 bits per heavy atom. The van der Waals surface area contributed by atoms with E-state index in [1.165, 1.54) is 6.92 Å². The van der Waals surface area contributed by atoms with Crippen LogP contribution in [0.5, 0.6) is 0 Å². The number of benzene rings is 1. The third-order valence-corrected chi connectivity index (χ3v) is 1.65. The Kier molecular flexibility index (Phi) is 3.88. The van der Waals surface area contributed by atoms with Gasteiger partial charge in [-0.25, -0.2) is 0 Å². The molecule has 0 heterocycles. The summed E-state index contributed by atoms with van der Waals surface area (Å²) in [6.45, 7) is 1.24. The molecule has 3 nitrogen and oxygen atoms in total. The molecule has 3 heteroatoms. The van der Waals surface area contributed by atoms with Crippen molar-refractivity contribution in [3.63, 3.8) is 0 Å². The van der Waals surface area contributed by atoms with E-state index in [1.54, 1.807) is 6.08 Å². The lowest BCUT2D eigenvalue weighted by atomic mass is 10.2. The van der Waals surface area contributed by atoms with Crippen molar-refractivity contribution in [1.29, 1.82) is 0 Å². The Bertz CT molecular complexity index is 330. The van der Waals surface area contributed by atoms with Gasteiger partial charge in [-0.1, -0.05) is 30.3 Å². The second-order valence-electron chi connectivity index (χ2n) is 2.92. The number of hydrogen-bond donors (Lipinski definition) is 2. The molecule has 14 heavy (non-hydrogen) atoms. The SMILES string of the molecule is CC(=O)N/C(=C/c1ccccc1)CO. The monoisotopic (exact) mass is 191 g/mol. The fourth-order valence-electron chi connectivity index (χ4n) is 1.10. The minimum absolute atomic E-state index is 0.172. The second-order valence-corrected chi connectivity index (χ2v) is 2.92. The topological polar surface area (TPSA) is 49.3 Å². The molecule has 0 bridgehead atoms. The van der Waals surface area contributed by atoms with E-state index in [0.717, 1.165) is 5.56 Å². The van der Waals surface area contributed by atoms with E-state index in [2.05, 4.69) is 5.32 Å². The number of carbonyl (C=O) groups excluding carboxylic acids is 1. The molecule has 2 N–H and O–H groups in total. The number of aliphatic hydroxyl groups excluding tert-OH is 1. The summed E-state index contributed by atoms with van der Waals surface area (Å²) in [7, 11) is 0. The van der Waals surface area contributed by atoms with Crippen LogP contribution in [0.3, 0.4) is 0 Å². The van der Waals surface area contributed by atoms with E-state index >= 15 is 0 Å². The van der Waals surface area contributed by atoms with Crippen LogP contribution in [0.25, 0.3) is 6.08 Å². The zero-order chi connectivity index (χ0) is 10.4. The van der Waals surface area contributed by atoms with Crippen molar-refractivity contribution >= 4 is 12.0 Å². The zero-order valence-electron chi connectivity index (χ0n) is 8.03. The molecule has 0 atom stereocenters. The maximum absolute atomic E-state index is 10.7. The summed E-state index contributed by atoms with van der Waals surface area (Å²) < 4.78 is 0. The van der Waals surface area contributed by atoms with Crippen molar-refractivity contribution in [3.05, 3.63) is 41.6 Å². The van der Waals surface area contributed by atoms with Crippen LogP contribution in [0.1, 0.15) is 12.5 Å². The zero-order valence-corrected chi connectivity index (χ0v) is 8.03. The van der Waals surface area contributed by atoms with Crippen molar-refractivity contribution in [2.75, 3.05) is 6.61 Å². The molecule has 0 aliphatic rings. The van der Waals surface area contributed by atoms with Gasteiger partial charge >= 0.3 is 0 Å². The fraction of sp³-hybridized carbons (Fsp3) is 0.182. The Hall–Kier alpha value is -1.61. The molecule has 1 aromatic carbocycles. The summed E-state index contributed by atoms with van der Waals surface area (Å²) in [6.07, 6.45) is 1.74. The largest absolute Gasteiger partial charge is 0.390 e. The number of carbonyl (C=O) groups is 1. The Morgan fingerprint density at radius 1 is 1.43 bits per heavy atom. The fourth-order valence-corrected chi connectivity index (χ4v) is 1.10. The van der Waals surface area contributed by atoms with Gasteiger partial charge in [0.25, 0.3) is 0 Å². The molecule has 1 amide bonds. The van der Waals surface area contributed by atoms with E-state index in [4.69, 9.17) is 5.11 Å². The van der Waals surface area contributed by atoms with Crippen LogP contribution >= 0.6 is 0 Å². The van der Waals surface area contributed by atoms with Gasteiger partial charge in [0.2, 0.25) is 5.91 Å². The summed E-state index contributed by atoms with van der Waals surface area (Å²) in [5.74, 6) is -0.179. The molecule has 0 spiro atoms. The van der Waals surface area contributed by atoms with Crippen LogP contribution in [-0.2, 0) is 4.79 Å². The first-order valence-electron chi connectivity index (χ1n) is 4.36. The quantitative estimate of drug-likeness (QED) is 0.753. The van der Waals surface area contributed by atoms with Crippen LogP contribution < -0.4 is 5.32 Å². The molecular formula is C11H13NO2. The van der Waals surface area contributed by atoms with Crippen molar-refractivity contribution in [2.24, 2.45) is 0 Å². The first kappa shape index (κ1) is 10.5. The molecule has 0 saturated heterocycles. The van der Waals surface area contributed by atoms with E-state index in [9.17, 15) is 4.79 Å². The highest BCUT2D eigenvalue weighted by Crippen LogP contribution is 2.03. The maximum atomic E-state index is 10.7. The molecule has 0 radical (unpaired) electrons. The van der Waals surface area contributed by atoms with Crippen LogP contribution in [-0.4, -0.2) is 17.6 Å². The molecule has 0 unspecified atom stereocenters. The Balaban J connectivity index is 2.78. The number of hydrogen-bond acceptors (Lipinski definition) is 2. The molecule has 0 aromatic heterocycles.